The van der Waals surface area contributed by atoms with Crippen LogP contribution in [0.15, 0.2) is 41.6 Å². The molecule has 1 amide bonds. The first-order chi connectivity index (χ1) is 16.2. The molecule has 1 saturated carbocycles. The maximum absolute atomic E-state index is 14.2. The van der Waals surface area contributed by atoms with Crippen LogP contribution in [0.5, 0.6) is 0 Å². The van der Waals surface area contributed by atoms with E-state index in [1.807, 2.05) is 0 Å². The minimum atomic E-state index is -5.17. The molecule has 188 valence electrons. The van der Waals surface area contributed by atoms with Crippen LogP contribution in [0, 0.1) is 5.92 Å². The summed E-state index contributed by atoms with van der Waals surface area (Å²) in [5.74, 6) is -1.43. The Hall–Kier alpha value is -2.73. The molecule has 1 aliphatic heterocycles. The highest BCUT2D eigenvalue weighted by molar-refractivity contribution is 6.33. The Morgan fingerprint density at radius 3 is 2.37 bits per heavy atom. The number of hydrogen-bond acceptors (Lipinski definition) is 4. The van der Waals surface area contributed by atoms with Gasteiger partial charge in [0, 0.05) is 22.6 Å². The van der Waals surface area contributed by atoms with E-state index in [0.717, 1.165) is 6.07 Å². The normalized spacial score (nSPS) is 24.0. The third-order valence-corrected chi connectivity index (χ3v) is 6.09. The van der Waals surface area contributed by atoms with E-state index in [9.17, 15) is 35.5 Å². The van der Waals surface area contributed by atoms with Gasteiger partial charge in [-0.1, -0.05) is 34.4 Å². The van der Waals surface area contributed by atoms with Gasteiger partial charge in [-0.2, -0.15) is 26.3 Å². The summed E-state index contributed by atoms with van der Waals surface area (Å²) in [5.41, 5.74) is -0.818. The third-order valence-electron chi connectivity index (χ3n) is 5.55. The molecule has 0 spiro atoms. The molecule has 3 atom stereocenters. The first kappa shape index (κ1) is 25.4. The lowest BCUT2D eigenvalue weighted by molar-refractivity contribution is -0.276. The highest BCUT2D eigenvalue weighted by Gasteiger charge is 2.62. The third kappa shape index (κ3) is 4.99. The summed E-state index contributed by atoms with van der Waals surface area (Å²) in [6.07, 6.45) is -12.2. The molecular formula is C21H14Cl2F7N3O2. The van der Waals surface area contributed by atoms with Gasteiger partial charge in [0.15, 0.2) is 0 Å². The van der Waals surface area contributed by atoms with E-state index >= 15 is 0 Å². The predicted molar refractivity (Wildman–Crippen MR) is 113 cm³/mol. The van der Waals surface area contributed by atoms with Crippen molar-refractivity contribution in [1.82, 2.24) is 5.43 Å². The van der Waals surface area contributed by atoms with Gasteiger partial charge in [0.1, 0.15) is 6.17 Å². The number of benzene rings is 2. The molecule has 0 radical (unpaired) electrons. The van der Waals surface area contributed by atoms with Crippen LogP contribution in [0.3, 0.4) is 0 Å². The SMILES string of the molecule is O=C(NNc1cc(C2=NO[C@@](c3cc(Cl)cc(C(F)(F)F)c3)(C(F)(F)F)C2)ccc1Cl)[C@@H]1C[C@H]1F. The fourth-order valence-corrected chi connectivity index (χ4v) is 3.90. The molecule has 2 aromatic carbocycles. The van der Waals surface area contributed by atoms with Gasteiger partial charge < -0.3 is 4.84 Å². The quantitative estimate of drug-likeness (QED) is 0.339. The highest BCUT2D eigenvalue weighted by Crippen LogP contribution is 2.50. The number of rotatable bonds is 5. The van der Waals surface area contributed by atoms with Gasteiger partial charge in [-0.25, -0.2) is 4.39 Å². The van der Waals surface area contributed by atoms with Crippen molar-refractivity contribution in [2.75, 3.05) is 5.43 Å². The molecule has 1 aliphatic carbocycles. The van der Waals surface area contributed by atoms with Crippen LogP contribution in [0.4, 0.5) is 36.4 Å². The monoisotopic (exact) mass is 543 g/mol. The topological polar surface area (TPSA) is 62.7 Å². The lowest BCUT2D eigenvalue weighted by atomic mass is 9.85. The van der Waals surface area contributed by atoms with Gasteiger partial charge in [-0.15, -0.1) is 0 Å². The van der Waals surface area contributed by atoms with Gasteiger partial charge in [0.25, 0.3) is 5.60 Å². The number of alkyl halides is 7. The lowest BCUT2D eigenvalue weighted by Crippen LogP contribution is -2.43. The molecule has 0 unspecified atom stereocenters. The van der Waals surface area contributed by atoms with Crippen LogP contribution in [0.1, 0.15) is 29.5 Å². The number of anilines is 1. The smallest absolute Gasteiger partial charge is 0.374 e. The number of halogens is 9. The van der Waals surface area contributed by atoms with E-state index in [4.69, 9.17) is 28.0 Å². The van der Waals surface area contributed by atoms with Crippen molar-refractivity contribution in [3.63, 3.8) is 0 Å². The molecule has 0 bridgehead atoms. The molecular weight excluding hydrogens is 530 g/mol. The van der Waals surface area contributed by atoms with Crippen molar-refractivity contribution < 1.29 is 40.4 Å². The number of amides is 1. The maximum Gasteiger partial charge on any atom is 0.435 e. The summed E-state index contributed by atoms with van der Waals surface area (Å²) in [4.78, 5) is 16.6. The first-order valence-corrected chi connectivity index (χ1v) is 10.7. The molecule has 14 heteroatoms. The van der Waals surface area contributed by atoms with Crippen LogP contribution in [-0.2, 0) is 21.4 Å². The molecule has 0 aromatic heterocycles. The summed E-state index contributed by atoms with van der Waals surface area (Å²) in [7, 11) is 0. The average Bonchev–Trinajstić information content (AvgIpc) is 3.30. The Balaban J connectivity index is 1.62. The van der Waals surface area contributed by atoms with Gasteiger partial charge >= 0.3 is 12.4 Å². The fraction of sp³-hybridized carbons (Fsp3) is 0.333. The summed E-state index contributed by atoms with van der Waals surface area (Å²) >= 11 is 11.7. The molecule has 35 heavy (non-hydrogen) atoms. The van der Waals surface area contributed by atoms with Gasteiger partial charge in [0.2, 0.25) is 5.91 Å². The highest BCUT2D eigenvalue weighted by atomic mass is 35.5. The second-order valence-corrected chi connectivity index (χ2v) is 8.87. The Kier molecular flexibility index (Phi) is 6.33. The molecule has 4 rings (SSSR count). The van der Waals surface area contributed by atoms with E-state index in [0.29, 0.717) is 12.1 Å². The number of hydrogen-bond donors (Lipinski definition) is 2. The van der Waals surface area contributed by atoms with Crippen molar-refractivity contribution in [2.45, 2.75) is 37.0 Å². The lowest BCUT2D eigenvalue weighted by Gasteiger charge is -2.30. The Labute approximate surface area is 203 Å². The number of nitrogens with one attached hydrogen (secondary N) is 2. The van der Waals surface area contributed by atoms with Gasteiger partial charge in [-0.05, 0) is 36.8 Å². The minimum Gasteiger partial charge on any atom is -0.374 e. The molecule has 1 fully saturated rings. The zero-order valence-corrected chi connectivity index (χ0v) is 18.7. The number of nitrogens with zero attached hydrogens (tertiary/aromatic N) is 1. The number of carbonyl (C=O) groups excluding carboxylic acids is 1. The van der Waals surface area contributed by atoms with Crippen molar-refractivity contribution in [1.29, 1.82) is 0 Å². The van der Waals surface area contributed by atoms with Crippen LogP contribution in [0.25, 0.3) is 0 Å². The molecule has 2 aliphatic rings. The van der Waals surface area contributed by atoms with Gasteiger partial charge in [-0.3, -0.25) is 15.6 Å². The van der Waals surface area contributed by atoms with Crippen molar-refractivity contribution in [2.24, 2.45) is 11.1 Å². The van der Waals surface area contributed by atoms with Gasteiger partial charge in [0.05, 0.1) is 27.9 Å². The molecule has 2 aromatic rings. The largest absolute Gasteiger partial charge is 0.435 e. The Bertz CT molecular complexity index is 1200. The number of carbonyl (C=O) groups is 1. The van der Waals surface area contributed by atoms with Crippen molar-refractivity contribution in [3.8, 4) is 0 Å². The number of oxime groups is 1. The van der Waals surface area contributed by atoms with Crippen molar-refractivity contribution >= 4 is 40.5 Å². The maximum atomic E-state index is 14.2. The average molecular weight is 544 g/mol. The minimum absolute atomic E-state index is 0.0721. The zero-order valence-electron chi connectivity index (χ0n) is 17.2. The van der Waals surface area contributed by atoms with E-state index in [1.54, 1.807) is 0 Å². The summed E-state index contributed by atoms with van der Waals surface area (Å²) in [6, 6.07) is 5.45. The van der Waals surface area contributed by atoms with E-state index in [1.165, 1.54) is 18.2 Å². The number of hydrazine groups is 1. The summed E-state index contributed by atoms with van der Waals surface area (Å²) < 4.78 is 95.2. The van der Waals surface area contributed by atoms with Crippen LogP contribution < -0.4 is 10.9 Å². The Morgan fingerprint density at radius 1 is 1.09 bits per heavy atom. The Morgan fingerprint density at radius 2 is 1.77 bits per heavy atom. The van der Waals surface area contributed by atoms with Crippen LogP contribution >= 0.6 is 23.2 Å². The van der Waals surface area contributed by atoms with Crippen molar-refractivity contribution in [3.05, 3.63) is 63.1 Å². The fourth-order valence-electron chi connectivity index (χ4n) is 3.50. The molecule has 5 nitrogen and oxygen atoms in total. The summed E-state index contributed by atoms with van der Waals surface area (Å²) in [5, 5.41) is 3.02. The second kappa shape index (κ2) is 8.74. The molecule has 2 N–H and O–H groups in total. The zero-order chi connectivity index (χ0) is 25.8. The predicted octanol–water partition coefficient (Wildman–Crippen LogP) is 6.40. The molecule has 0 saturated heterocycles. The van der Waals surface area contributed by atoms with Crippen LogP contribution in [0.2, 0.25) is 10.0 Å². The van der Waals surface area contributed by atoms with Crippen LogP contribution in [-0.4, -0.2) is 24.0 Å². The van der Waals surface area contributed by atoms with E-state index in [-0.39, 0.29) is 28.4 Å². The first-order valence-electron chi connectivity index (χ1n) is 9.91. The standard InChI is InChI=1S/C21H14Cl2F7N3O2/c22-12-5-10(4-11(6-12)20(25,26)27)19(21(28,29)30)8-17(33-35-19)9-1-2-14(23)16(3-9)31-32-18(34)13-7-15(13)24/h1-6,13,15,31H,7-8H2,(H,32,34)/t13-,15-,19+/m1/s1. The van der Waals surface area contributed by atoms with E-state index < -0.39 is 58.5 Å². The summed E-state index contributed by atoms with van der Waals surface area (Å²) in [6.45, 7) is 0. The molecule has 1 heterocycles. The second-order valence-electron chi connectivity index (χ2n) is 8.02. The van der Waals surface area contributed by atoms with E-state index in [2.05, 4.69) is 16.0 Å².